The van der Waals surface area contributed by atoms with E-state index in [1.54, 1.807) is 36.4 Å². The second-order valence-electron chi connectivity index (χ2n) is 6.95. The van der Waals surface area contributed by atoms with Gasteiger partial charge < -0.3 is 19.5 Å². The first kappa shape index (κ1) is 21.5. The van der Waals surface area contributed by atoms with Crippen molar-refractivity contribution in [3.05, 3.63) is 77.3 Å². The number of carbonyl (C=O) groups is 1. The molecule has 0 fully saturated rings. The Balaban J connectivity index is 1.80. The first-order valence-electron chi connectivity index (χ1n) is 9.81. The third kappa shape index (κ3) is 4.18. The molecule has 32 heavy (non-hydrogen) atoms. The van der Waals surface area contributed by atoms with E-state index >= 15 is 0 Å². The van der Waals surface area contributed by atoms with Crippen LogP contribution < -0.4 is 19.5 Å². The molecule has 4 aromatic rings. The van der Waals surface area contributed by atoms with E-state index in [-0.39, 0.29) is 5.91 Å². The van der Waals surface area contributed by atoms with Crippen molar-refractivity contribution >= 4 is 34.1 Å². The molecule has 0 unspecified atom stereocenters. The van der Waals surface area contributed by atoms with Crippen molar-refractivity contribution < 1.29 is 19.0 Å². The van der Waals surface area contributed by atoms with Crippen LogP contribution in [0.1, 0.15) is 10.4 Å². The molecule has 0 aliphatic heterocycles. The van der Waals surface area contributed by atoms with Crippen LogP contribution in [0, 0.1) is 0 Å². The lowest BCUT2D eigenvalue weighted by Crippen LogP contribution is -2.13. The fourth-order valence-corrected chi connectivity index (χ4v) is 3.67. The Kier molecular flexibility index (Phi) is 6.14. The number of rotatable bonds is 6. The van der Waals surface area contributed by atoms with Crippen molar-refractivity contribution in [2.75, 3.05) is 26.6 Å². The highest BCUT2D eigenvalue weighted by Crippen LogP contribution is 2.40. The minimum atomic E-state index is -0.314. The minimum absolute atomic E-state index is 0.314. The zero-order valence-electron chi connectivity index (χ0n) is 17.8. The molecule has 0 aliphatic carbocycles. The van der Waals surface area contributed by atoms with Gasteiger partial charge in [0.05, 0.1) is 38.1 Å². The average Bonchev–Trinajstić information content (AvgIpc) is 2.83. The van der Waals surface area contributed by atoms with Gasteiger partial charge in [-0.3, -0.25) is 4.79 Å². The van der Waals surface area contributed by atoms with Gasteiger partial charge in [-0.1, -0.05) is 41.9 Å². The molecule has 0 bridgehead atoms. The van der Waals surface area contributed by atoms with Gasteiger partial charge in [-0.05, 0) is 24.3 Å². The van der Waals surface area contributed by atoms with E-state index in [1.165, 1.54) is 21.3 Å². The zero-order chi connectivity index (χ0) is 22.7. The van der Waals surface area contributed by atoms with Gasteiger partial charge in [0.1, 0.15) is 0 Å². The molecule has 0 atom stereocenters. The van der Waals surface area contributed by atoms with E-state index < -0.39 is 0 Å². The number of benzene rings is 3. The number of hydrogen-bond acceptors (Lipinski definition) is 5. The molecular formula is C25H21ClN2O4. The number of hydrogen-bond donors (Lipinski definition) is 1. The number of halogens is 1. The Morgan fingerprint density at radius 2 is 1.56 bits per heavy atom. The van der Waals surface area contributed by atoms with Crippen LogP contribution in [-0.4, -0.2) is 32.2 Å². The number of ether oxygens (including phenoxy) is 3. The summed E-state index contributed by atoms with van der Waals surface area (Å²) in [6.45, 7) is 0. The Labute approximate surface area is 190 Å². The number of pyridine rings is 1. The summed E-state index contributed by atoms with van der Waals surface area (Å²) in [5.41, 5.74) is 3.22. The van der Waals surface area contributed by atoms with Gasteiger partial charge in [0.15, 0.2) is 11.5 Å². The molecule has 0 aliphatic rings. The van der Waals surface area contributed by atoms with E-state index in [1.807, 2.05) is 30.3 Å². The fourth-order valence-electron chi connectivity index (χ4n) is 3.49. The van der Waals surface area contributed by atoms with E-state index in [9.17, 15) is 4.79 Å². The lowest BCUT2D eigenvalue weighted by Gasteiger charge is -2.15. The van der Waals surface area contributed by atoms with Crippen molar-refractivity contribution in [3.8, 4) is 28.5 Å². The van der Waals surface area contributed by atoms with Gasteiger partial charge in [0, 0.05) is 33.8 Å². The first-order valence-corrected chi connectivity index (χ1v) is 10.2. The summed E-state index contributed by atoms with van der Waals surface area (Å²) in [6.07, 6.45) is 0. The van der Waals surface area contributed by atoms with E-state index in [4.69, 9.17) is 30.8 Å². The monoisotopic (exact) mass is 448 g/mol. The molecule has 3 aromatic carbocycles. The number of nitrogens with zero attached hydrogens (tertiary/aromatic N) is 1. The highest BCUT2D eigenvalue weighted by Gasteiger charge is 2.18. The molecule has 0 saturated carbocycles. The molecule has 1 amide bonds. The molecule has 4 rings (SSSR count). The molecule has 1 N–H and O–H groups in total. The second-order valence-corrected chi connectivity index (χ2v) is 7.39. The molecule has 1 heterocycles. The van der Waals surface area contributed by atoms with Crippen LogP contribution in [0.15, 0.2) is 66.7 Å². The normalized spacial score (nSPS) is 10.6. The molecule has 0 spiro atoms. The zero-order valence-corrected chi connectivity index (χ0v) is 18.6. The number of methoxy groups -OCH3 is 3. The van der Waals surface area contributed by atoms with Gasteiger partial charge in [0.25, 0.3) is 5.91 Å². The molecule has 6 nitrogen and oxygen atoms in total. The lowest BCUT2D eigenvalue weighted by molar-refractivity contribution is 0.102. The summed E-state index contributed by atoms with van der Waals surface area (Å²) in [5, 5.41) is 4.10. The summed E-state index contributed by atoms with van der Waals surface area (Å²) in [7, 11) is 4.57. The summed E-state index contributed by atoms with van der Waals surface area (Å²) in [5.74, 6) is 1.01. The van der Waals surface area contributed by atoms with Gasteiger partial charge >= 0.3 is 0 Å². The second kappa shape index (κ2) is 9.16. The summed E-state index contributed by atoms with van der Waals surface area (Å²) in [6, 6.07) is 20.1. The predicted molar refractivity (Wildman–Crippen MR) is 126 cm³/mol. The van der Waals surface area contributed by atoms with Crippen molar-refractivity contribution in [2.24, 2.45) is 0 Å². The number of anilines is 1. The number of amides is 1. The SMILES string of the molecule is COc1cc(NC(=O)c2cc(-c3ccccc3)nc3ccc(Cl)cc23)cc(OC)c1OC. The average molecular weight is 449 g/mol. The number of nitrogens with one attached hydrogen (secondary N) is 1. The molecular weight excluding hydrogens is 428 g/mol. The number of carbonyl (C=O) groups excluding carboxylic acids is 1. The van der Waals surface area contributed by atoms with E-state index in [0.29, 0.717) is 50.1 Å². The van der Waals surface area contributed by atoms with Gasteiger partial charge in [-0.15, -0.1) is 0 Å². The molecule has 0 saturated heterocycles. The van der Waals surface area contributed by atoms with Gasteiger partial charge in [-0.2, -0.15) is 0 Å². The first-order chi connectivity index (χ1) is 15.5. The van der Waals surface area contributed by atoms with E-state index in [0.717, 1.165) is 5.56 Å². The number of fused-ring (bicyclic) bond motifs is 1. The lowest BCUT2D eigenvalue weighted by atomic mass is 10.0. The van der Waals surface area contributed by atoms with Crippen LogP contribution in [-0.2, 0) is 0 Å². The summed E-state index contributed by atoms with van der Waals surface area (Å²) >= 11 is 6.22. The third-order valence-corrected chi connectivity index (χ3v) is 5.24. The summed E-state index contributed by atoms with van der Waals surface area (Å²) < 4.78 is 16.1. The van der Waals surface area contributed by atoms with Gasteiger partial charge in [0.2, 0.25) is 5.75 Å². The molecule has 1 aromatic heterocycles. The maximum absolute atomic E-state index is 13.4. The maximum atomic E-state index is 13.4. The fraction of sp³-hybridized carbons (Fsp3) is 0.120. The summed E-state index contributed by atoms with van der Waals surface area (Å²) in [4.78, 5) is 18.1. The standard InChI is InChI=1S/C25H21ClN2O4/c1-30-22-12-17(13-23(31-2)24(22)32-3)27-25(29)19-14-21(15-7-5-4-6-8-15)28-20-10-9-16(26)11-18(19)20/h4-14H,1-3H3,(H,27,29). The van der Waals surface area contributed by atoms with Crippen LogP contribution in [0.5, 0.6) is 17.2 Å². The Bertz CT molecular complexity index is 1270. The van der Waals surface area contributed by atoms with Crippen molar-refractivity contribution in [2.45, 2.75) is 0 Å². The van der Waals surface area contributed by atoms with E-state index in [2.05, 4.69) is 5.32 Å². The highest BCUT2D eigenvalue weighted by atomic mass is 35.5. The van der Waals surface area contributed by atoms with Crippen LogP contribution in [0.25, 0.3) is 22.2 Å². The Morgan fingerprint density at radius 3 is 2.19 bits per heavy atom. The van der Waals surface area contributed by atoms with Crippen LogP contribution in [0.2, 0.25) is 5.02 Å². The van der Waals surface area contributed by atoms with Crippen molar-refractivity contribution in [1.82, 2.24) is 4.98 Å². The van der Waals surface area contributed by atoms with Gasteiger partial charge in [-0.25, -0.2) is 4.98 Å². The topological polar surface area (TPSA) is 69.7 Å². The largest absolute Gasteiger partial charge is 0.493 e. The highest BCUT2D eigenvalue weighted by molar-refractivity contribution is 6.31. The van der Waals surface area contributed by atoms with Crippen molar-refractivity contribution in [3.63, 3.8) is 0 Å². The predicted octanol–water partition coefficient (Wildman–Crippen LogP) is 5.83. The van der Waals surface area contributed by atoms with Crippen LogP contribution in [0.4, 0.5) is 5.69 Å². The van der Waals surface area contributed by atoms with Crippen LogP contribution in [0.3, 0.4) is 0 Å². The third-order valence-electron chi connectivity index (χ3n) is 5.01. The molecule has 0 radical (unpaired) electrons. The molecule has 7 heteroatoms. The smallest absolute Gasteiger partial charge is 0.256 e. The Hall–Kier alpha value is -3.77. The quantitative estimate of drug-likeness (QED) is 0.401. The Morgan fingerprint density at radius 1 is 0.875 bits per heavy atom. The van der Waals surface area contributed by atoms with Crippen LogP contribution >= 0.6 is 11.6 Å². The maximum Gasteiger partial charge on any atom is 0.256 e. The minimum Gasteiger partial charge on any atom is -0.493 e. The number of aromatic nitrogens is 1. The van der Waals surface area contributed by atoms with Crippen molar-refractivity contribution in [1.29, 1.82) is 0 Å². The molecule has 162 valence electrons.